The number of aliphatic hydroxyl groups is 1. The molecule has 1 aromatic carbocycles. The Balaban J connectivity index is 1.64. The van der Waals surface area contributed by atoms with Gasteiger partial charge in [-0.05, 0) is 76.8 Å². The molecule has 0 bridgehead atoms. The summed E-state index contributed by atoms with van der Waals surface area (Å²) < 4.78 is 7.38. The SMILES string of the molecule is COC(=O)N1c2ccc3c(nc([C@H](O)C4CCCCCC4)n3[C@@H]3CCC[C@@H](C(C)=O)C3)c2CC[C@@H]1C. The topological polar surface area (TPSA) is 84.7 Å². The van der Waals surface area contributed by atoms with Crippen LogP contribution in [0.2, 0.25) is 0 Å². The largest absolute Gasteiger partial charge is 0.452 e. The Bertz CT molecular complexity index is 1120. The average Bonchev–Trinajstić information content (AvgIpc) is 3.07. The van der Waals surface area contributed by atoms with Gasteiger partial charge >= 0.3 is 6.09 Å². The summed E-state index contributed by atoms with van der Waals surface area (Å²) in [6.07, 6.45) is 11.3. The van der Waals surface area contributed by atoms with E-state index in [9.17, 15) is 14.7 Å². The summed E-state index contributed by atoms with van der Waals surface area (Å²) in [5.41, 5.74) is 3.83. The molecule has 1 amide bonds. The van der Waals surface area contributed by atoms with E-state index in [1.165, 1.54) is 20.0 Å². The minimum Gasteiger partial charge on any atom is -0.452 e. The molecule has 5 rings (SSSR count). The Morgan fingerprint density at radius 1 is 1.06 bits per heavy atom. The third kappa shape index (κ3) is 4.55. The lowest BCUT2D eigenvalue weighted by Gasteiger charge is -2.34. The van der Waals surface area contributed by atoms with Gasteiger partial charge in [0, 0.05) is 23.6 Å². The highest BCUT2D eigenvalue weighted by molar-refractivity contribution is 5.95. The van der Waals surface area contributed by atoms with Crippen molar-refractivity contribution in [3.63, 3.8) is 0 Å². The quantitative estimate of drug-likeness (QED) is 0.506. The molecule has 2 aliphatic carbocycles. The van der Waals surface area contributed by atoms with Crippen molar-refractivity contribution in [3.05, 3.63) is 23.5 Å². The van der Waals surface area contributed by atoms with Gasteiger partial charge in [-0.15, -0.1) is 0 Å². The molecule has 2 aromatic rings. The van der Waals surface area contributed by atoms with Crippen LogP contribution in [0.1, 0.15) is 108 Å². The molecule has 1 aliphatic heterocycles. The molecule has 1 N–H and O–H groups in total. The van der Waals surface area contributed by atoms with Crippen molar-refractivity contribution in [2.75, 3.05) is 12.0 Å². The van der Waals surface area contributed by atoms with E-state index in [-0.39, 0.29) is 35.8 Å². The number of fused-ring (bicyclic) bond motifs is 3. The third-order valence-electron chi connectivity index (χ3n) is 9.05. The van der Waals surface area contributed by atoms with Crippen molar-refractivity contribution in [2.24, 2.45) is 11.8 Å². The molecule has 36 heavy (non-hydrogen) atoms. The molecule has 7 heteroatoms. The molecular formula is C29H41N3O4. The van der Waals surface area contributed by atoms with Gasteiger partial charge in [-0.1, -0.05) is 32.1 Å². The number of hydrogen-bond acceptors (Lipinski definition) is 5. The second-order valence-electron chi connectivity index (χ2n) is 11.3. The molecule has 1 aromatic heterocycles. The minimum atomic E-state index is -0.622. The summed E-state index contributed by atoms with van der Waals surface area (Å²) in [6.45, 7) is 3.76. The van der Waals surface area contributed by atoms with E-state index in [1.807, 2.05) is 13.0 Å². The Morgan fingerprint density at radius 2 is 1.81 bits per heavy atom. The fraction of sp³-hybridized carbons (Fsp3) is 0.690. The van der Waals surface area contributed by atoms with Crippen molar-refractivity contribution >= 4 is 28.6 Å². The summed E-state index contributed by atoms with van der Waals surface area (Å²) in [5.74, 6) is 1.29. The Morgan fingerprint density at radius 3 is 2.50 bits per heavy atom. The first-order valence-electron chi connectivity index (χ1n) is 14.0. The highest BCUT2D eigenvalue weighted by Crippen LogP contribution is 2.43. The maximum Gasteiger partial charge on any atom is 0.414 e. The Hall–Kier alpha value is -2.41. The summed E-state index contributed by atoms with van der Waals surface area (Å²) in [4.78, 5) is 31.9. The number of methoxy groups -OCH3 is 1. The number of Topliss-reactive ketones (excluding diaryl/α,β-unsaturated/α-hetero) is 1. The molecule has 2 heterocycles. The number of imidazole rings is 1. The van der Waals surface area contributed by atoms with Gasteiger partial charge in [-0.3, -0.25) is 9.69 Å². The summed E-state index contributed by atoms with van der Waals surface area (Å²) in [5, 5.41) is 11.7. The van der Waals surface area contributed by atoms with Crippen LogP contribution in [0.3, 0.4) is 0 Å². The fourth-order valence-electron chi connectivity index (χ4n) is 6.99. The van der Waals surface area contributed by atoms with Gasteiger partial charge in [-0.25, -0.2) is 9.78 Å². The van der Waals surface area contributed by atoms with Gasteiger partial charge in [0.25, 0.3) is 0 Å². The van der Waals surface area contributed by atoms with Crippen LogP contribution in [0, 0.1) is 11.8 Å². The van der Waals surface area contributed by atoms with Gasteiger partial charge < -0.3 is 14.4 Å². The number of benzene rings is 1. The number of aryl methyl sites for hydroxylation is 1. The molecule has 2 saturated carbocycles. The van der Waals surface area contributed by atoms with Gasteiger partial charge in [0.1, 0.15) is 17.7 Å². The second kappa shape index (κ2) is 10.5. The molecule has 4 atom stereocenters. The number of carbonyl (C=O) groups is 2. The predicted octanol–water partition coefficient (Wildman–Crippen LogP) is 6.27. The Labute approximate surface area is 214 Å². The van der Waals surface area contributed by atoms with Gasteiger partial charge in [0.2, 0.25) is 0 Å². The van der Waals surface area contributed by atoms with Crippen LogP contribution in [0.25, 0.3) is 11.0 Å². The van der Waals surface area contributed by atoms with Crippen LogP contribution in [0.15, 0.2) is 12.1 Å². The maximum absolute atomic E-state index is 12.6. The highest BCUT2D eigenvalue weighted by Gasteiger charge is 2.36. The van der Waals surface area contributed by atoms with Crippen molar-refractivity contribution < 1.29 is 19.4 Å². The van der Waals surface area contributed by atoms with Crippen molar-refractivity contribution in [1.82, 2.24) is 9.55 Å². The highest BCUT2D eigenvalue weighted by atomic mass is 16.5. The summed E-state index contributed by atoms with van der Waals surface area (Å²) in [6, 6.07) is 4.28. The average molecular weight is 496 g/mol. The number of amides is 1. The maximum atomic E-state index is 12.6. The molecule has 0 unspecified atom stereocenters. The van der Waals surface area contributed by atoms with Gasteiger partial charge in [-0.2, -0.15) is 0 Å². The van der Waals surface area contributed by atoms with E-state index in [4.69, 9.17) is 9.72 Å². The molecule has 0 radical (unpaired) electrons. The normalized spacial score (nSPS) is 26.3. The first-order chi connectivity index (χ1) is 17.4. The molecule has 0 saturated heterocycles. The minimum absolute atomic E-state index is 0.0511. The molecule has 2 fully saturated rings. The lowest BCUT2D eigenvalue weighted by Crippen LogP contribution is -2.42. The van der Waals surface area contributed by atoms with E-state index < -0.39 is 6.10 Å². The lowest BCUT2D eigenvalue weighted by molar-refractivity contribution is -0.122. The van der Waals surface area contributed by atoms with E-state index in [1.54, 1.807) is 11.8 Å². The van der Waals surface area contributed by atoms with E-state index in [2.05, 4.69) is 10.6 Å². The number of aromatic nitrogens is 2. The Kier molecular flexibility index (Phi) is 7.38. The number of hydrogen-bond donors (Lipinski definition) is 1. The van der Waals surface area contributed by atoms with Crippen molar-refractivity contribution in [1.29, 1.82) is 0 Å². The molecule has 0 spiro atoms. The number of ether oxygens (including phenoxy) is 1. The zero-order valence-electron chi connectivity index (χ0n) is 22.0. The fourth-order valence-corrected chi connectivity index (χ4v) is 6.99. The molecule has 7 nitrogen and oxygen atoms in total. The molecule has 3 aliphatic rings. The zero-order valence-corrected chi connectivity index (χ0v) is 22.0. The first kappa shape index (κ1) is 25.2. The molecule has 196 valence electrons. The lowest BCUT2D eigenvalue weighted by atomic mass is 9.83. The van der Waals surface area contributed by atoms with Gasteiger partial charge in [0.15, 0.2) is 0 Å². The first-order valence-corrected chi connectivity index (χ1v) is 14.0. The van der Waals surface area contributed by atoms with E-state index in [0.717, 1.165) is 92.3 Å². The molecular weight excluding hydrogens is 454 g/mol. The van der Waals surface area contributed by atoms with Crippen LogP contribution in [-0.2, 0) is 16.0 Å². The van der Waals surface area contributed by atoms with E-state index in [0.29, 0.717) is 0 Å². The number of aliphatic hydroxyl groups excluding tert-OH is 1. The van der Waals surface area contributed by atoms with Crippen molar-refractivity contribution in [3.8, 4) is 0 Å². The standard InChI is InChI=1S/C29H41N3O4/c1-18-13-14-23-24(31(18)29(35)36-3)15-16-25-26(23)30-28(27(34)20-9-6-4-5-7-10-20)32(25)22-12-8-11-21(17-22)19(2)33/h15-16,18,20-22,27,34H,4-14,17H2,1-3H3/t18-,21+,22+,27+/m0/s1. The van der Waals surface area contributed by atoms with Gasteiger partial charge in [0.05, 0.1) is 23.8 Å². The second-order valence-corrected chi connectivity index (χ2v) is 11.3. The third-order valence-corrected chi connectivity index (χ3v) is 9.05. The smallest absolute Gasteiger partial charge is 0.414 e. The van der Waals surface area contributed by atoms with Crippen LogP contribution in [0.5, 0.6) is 0 Å². The van der Waals surface area contributed by atoms with Crippen LogP contribution < -0.4 is 4.90 Å². The summed E-state index contributed by atoms with van der Waals surface area (Å²) in [7, 11) is 1.42. The van der Waals surface area contributed by atoms with Crippen LogP contribution >= 0.6 is 0 Å². The number of anilines is 1. The number of rotatable bonds is 4. The number of ketones is 1. The predicted molar refractivity (Wildman–Crippen MR) is 140 cm³/mol. The number of nitrogens with zero attached hydrogens (tertiary/aromatic N) is 3. The van der Waals surface area contributed by atoms with Crippen LogP contribution in [-0.4, -0.2) is 39.7 Å². The van der Waals surface area contributed by atoms with E-state index >= 15 is 0 Å². The van der Waals surface area contributed by atoms with Crippen molar-refractivity contribution in [2.45, 2.75) is 109 Å². The zero-order chi connectivity index (χ0) is 25.4. The summed E-state index contributed by atoms with van der Waals surface area (Å²) >= 11 is 0. The number of carbonyl (C=O) groups excluding carboxylic acids is 2. The van der Waals surface area contributed by atoms with Crippen LogP contribution in [0.4, 0.5) is 10.5 Å². The monoisotopic (exact) mass is 495 g/mol.